The molecule has 0 atom stereocenters. The van der Waals surface area contributed by atoms with E-state index in [1.54, 1.807) is 31.2 Å². The van der Waals surface area contributed by atoms with Crippen LogP contribution in [0.3, 0.4) is 0 Å². The summed E-state index contributed by atoms with van der Waals surface area (Å²) >= 11 is 0. The first-order chi connectivity index (χ1) is 12.0. The molecule has 0 saturated heterocycles. The van der Waals surface area contributed by atoms with Crippen molar-refractivity contribution in [2.45, 2.75) is 26.2 Å². The van der Waals surface area contributed by atoms with E-state index in [9.17, 15) is 14.4 Å². The highest BCUT2D eigenvalue weighted by Crippen LogP contribution is 2.30. The largest absolute Gasteiger partial charge is 0.478 e. The molecule has 2 amide bonds. The van der Waals surface area contributed by atoms with E-state index in [-0.39, 0.29) is 28.9 Å². The molecule has 25 heavy (non-hydrogen) atoms. The number of aromatic carboxylic acids is 1. The molecule has 0 bridgehead atoms. The van der Waals surface area contributed by atoms with E-state index in [4.69, 9.17) is 9.52 Å². The average Bonchev–Trinajstić information content (AvgIpc) is 3.33. The SMILES string of the molecule is CCc1oc(C(=O)Nc2cccc(NC(=O)C3CC3)c2)cc1C(=O)O. The number of benzene rings is 1. The monoisotopic (exact) mass is 342 g/mol. The summed E-state index contributed by atoms with van der Waals surface area (Å²) in [6, 6.07) is 7.97. The van der Waals surface area contributed by atoms with E-state index in [1.165, 1.54) is 6.07 Å². The lowest BCUT2D eigenvalue weighted by atomic mass is 10.2. The minimum atomic E-state index is -1.13. The van der Waals surface area contributed by atoms with Crippen molar-refractivity contribution < 1.29 is 23.9 Å². The lowest BCUT2D eigenvalue weighted by Gasteiger charge is -2.07. The number of aryl methyl sites for hydroxylation is 1. The lowest BCUT2D eigenvalue weighted by Crippen LogP contribution is -2.14. The molecule has 1 saturated carbocycles. The van der Waals surface area contributed by atoms with E-state index < -0.39 is 11.9 Å². The van der Waals surface area contributed by atoms with Crippen LogP contribution in [0.15, 0.2) is 34.7 Å². The number of nitrogens with one attached hydrogen (secondary N) is 2. The Morgan fingerprint density at radius 1 is 1.16 bits per heavy atom. The predicted octanol–water partition coefficient (Wildman–Crippen LogP) is 3.14. The van der Waals surface area contributed by atoms with Gasteiger partial charge in [0.05, 0.1) is 0 Å². The highest BCUT2D eigenvalue weighted by Gasteiger charge is 2.29. The second kappa shape index (κ2) is 6.80. The first kappa shape index (κ1) is 16.8. The number of carbonyl (C=O) groups is 3. The summed E-state index contributed by atoms with van der Waals surface area (Å²) in [4.78, 5) is 35.2. The summed E-state index contributed by atoms with van der Waals surface area (Å²) in [5, 5.41) is 14.6. The first-order valence-corrected chi connectivity index (χ1v) is 8.06. The Kier molecular flexibility index (Phi) is 4.56. The van der Waals surface area contributed by atoms with Crippen molar-refractivity contribution in [1.29, 1.82) is 0 Å². The number of carboxylic acids is 1. The molecule has 0 spiro atoms. The van der Waals surface area contributed by atoms with Crippen LogP contribution < -0.4 is 10.6 Å². The zero-order chi connectivity index (χ0) is 18.0. The molecule has 1 heterocycles. The molecule has 7 nitrogen and oxygen atoms in total. The fourth-order valence-electron chi connectivity index (χ4n) is 2.44. The first-order valence-electron chi connectivity index (χ1n) is 8.06. The second-order valence-corrected chi connectivity index (χ2v) is 5.90. The Hall–Kier alpha value is -3.09. The van der Waals surface area contributed by atoms with Gasteiger partial charge in [-0.25, -0.2) is 4.79 Å². The zero-order valence-electron chi connectivity index (χ0n) is 13.7. The van der Waals surface area contributed by atoms with Crippen molar-refractivity contribution in [3.8, 4) is 0 Å². The Labute approximate surface area is 144 Å². The van der Waals surface area contributed by atoms with Gasteiger partial charge in [0, 0.05) is 29.8 Å². The average molecular weight is 342 g/mol. The topological polar surface area (TPSA) is 109 Å². The van der Waals surface area contributed by atoms with Gasteiger partial charge in [-0.3, -0.25) is 9.59 Å². The summed E-state index contributed by atoms with van der Waals surface area (Å²) in [6.07, 6.45) is 2.19. The molecule has 2 aromatic rings. The Balaban J connectivity index is 1.72. The van der Waals surface area contributed by atoms with Crippen molar-refractivity contribution in [3.63, 3.8) is 0 Å². The number of hydrogen-bond acceptors (Lipinski definition) is 4. The van der Waals surface area contributed by atoms with Crippen LogP contribution >= 0.6 is 0 Å². The van der Waals surface area contributed by atoms with Crippen LogP contribution in [0, 0.1) is 5.92 Å². The van der Waals surface area contributed by atoms with E-state index >= 15 is 0 Å². The molecule has 3 rings (SSSR count). The Morgan fingerprint density at radius 3 is 2.40 bits per heavy atom. The molecule has 1 aromatic heterocycles. The maximum absolute atomic E-state index is 12.3. The third kappa shape index (κ3) is 3.88. The summed E-state index contributed by atoms with van der Waals surface area (Å²) in [7, 11) is 0. The van der Waals surface area contributed by atoms with Crippen molar-refractivity contribution in [1.82, 2.24) is 0 Å². The highest BCUT2D eigenvalue weighted by molar-refractivity contribution is 6.04. The Morgan fingerprint density at radius 2 is 1.84 bits per heavy atom. The van der Waals surface area contributed by atoms with Gasteiger partial charge in [-0.15, -0.1) is 0 Å². The third-order valence-corrected chi connectivity index (χ3v) is 3.92. The van der Waals surface area contributed by atoms with Gasteiger partial charge in [-0.05, 0) is 31.0 Å². The smallest absolute Gasteiger partial charge is 0.339 e. The summed E-state index contributed by atoms with van der Waals surface area (Å²) in [6.45, 7) is 1.75. The molecule has 3 N–H and O–H groups in total. The number of rotatable bonds is 6. The second-order valence-electron chi connectivity index (χ2n) is 5.90. The maximum Gasteiger partial charge on any atom is 0.339 e. The van der Waals surface area contributed by atoms with Crippen LogP contribution in [0.5, 0.6) is 0 Å². The molecule has 1 aromatic carbocycles. The molecule has 7 heteroatoms. The van der Waals surface area contributed by atoms with Gasteiger partial charge in [0.2, 0.25) is 5.91 Å². The molecule has 1 aliphatic rings. The van der Waals surface area contributed by atoms with Gasteiger partial charge < -0.3 is 20.2 Å². The summed E-state index contributed by atoms with van der Waals surface area (Å²) < 4.78 is 5.33. The number of anilines is 2. The lowest BCUT2D eigenvalue weighted by molar-refractivity contribution is -0.117. The standard InChI is InChI=1S/C18H18N2O5/c1-2-14-13(18(23)24)9-15(25-14)17(22)20-12-5-3-4-11(8-12)19-16(21)10-6-7-10/h3-5,8-10H,2,6-7H2,1H3,(H,19,21)(H,20,22)(H,23,24). The molecule has 0 radical (unpaired) electrons. The van der Waals surface area contributed by atoms with Crippen molar-refractivity contribution in [3.05, 3.63) is 47.4 Å². The Bertz CT molecular complexity index is 836. The third-order valence-electron chi connectivity index (χ3n) is 3.92. The molecular weight excluding hydrogens is 324 g/mol. The quantitative estimate of drug-likeness (QED) is 0.747. The van der Waals surface area contributed by atoms with Gasteiger partial charge >= 0.3 is 5.97 Å². The number of furan rings is 1. The minimum absolute atomic E-state index is 0.0157. The fourth-order valence-corrected chi connectivity index (χ4v) is 2.44. The van der Waals surface area contributed by atoms with Gasteiger partial charge in [0.1, 0.15) is 11.3 Å². The van der Waals surface area contributed by atoms with Gasteiger partial charge in [0.15, 0.2) is 5.76 Å². The fraction of sp³-hybridized carbons (Fsp3) is 0.278. The van der Waals surface area contributed by atoms with E-state index in [0.29, 0.717) is 17.8 Å². The van der Waals surface area contributed by atoms with Crippen molar-refractivity contribution in [2.75, 3.05) is 10.6 Å². The number of carbonyl (C=O) groups excluding carboxylic acids is 2. The normalized spacial score (nSPS) is 13.3. The van der Waals surface area contributed by atoms with Crippen molar-refractivity contribution in [2.24, 2.45) is 5.92 Å². The van der Waals surface area contributed by atoms with Gasteiger partial charge in [-0.1, -0.05) is 13.0 Å². The van der Waals surface area contributed by atoms with Crippen LogP contribution in [-0.4, -0.2) is 22.9 Å². The van der Waals surface area contributed by atoms with Crippen LogP contribution in [-0.2, 0) is 11.2 Å². The molecule has 1 fully saturated rings. The molecule has 130 valence electrons. The van der Waals surface area contributed by atoms with E-state index in [0.717, 1.165) is 12.8 Å². The van der Waals surface area contributed by atoms with Crippen LogP contribution in [0.4, 0.5) is 11.4 Å². The molecule has 0 unspecified atom stereocenters. The highest BCUT2D eigenvalue weighted by atomic mass is 16.4. The number of hydrogen-bond donors (Lipinski definition) is 3. The van der Waals surface area contributed by atoms with Crippen LogP contribution in [0.2, 0.25) is 0 Å². The van der Waals surface area contributed by atoms with Crippen LogP contribution in [0.25, 0.3) is 0 Å². The van der Waals surface area contributed by atoms with Crippen molar-refractivity contribution >= 4 is 29.2 Å². The number of amides is 2. The number of carboxylic acid groups (broad SMARTS) is 1. The summed E-state index contributed by atoms with van der Waals surface area (Å²) in [5.74, 6) is -1.43. The summed E-state index contributed by atoms with van der Waals surface area (Å²) in [5.41, 5.74) is 1.05. The van der Waals surface area contributed by atoms with Crippen LogP contribution in [0.1, 0.15) is 46.4 Å². The predicted molar refractivity (Wildman–Crippen MR) is 90.8 cm³/mol. The van der Waals surface area contributed by atoms with Gasteiger partial charge in [-0.2, -0.15) is 0 Å². The molecular formula is C18H18N2O5. The van der Waals surface area contributed by atoms with Gasteiger partial charge in [0.25, 0.3) is 5.91 Å². The zero-order valence-corrected chi connectivity index (χ0v) is 13.7. The maximum atomic E-state index is 12.3. The van der Waals surface area contributed by atoms with E-state index in [2.05, 4.69) is 10.6 Å². The minimum Gasteiger partial charge on any atom is -0.478 e. The van der Waals surface area contributed by atoms with E-state index in [1.807, 2.05) is 0 Å². The molecule has 1 aliphatic carbocycles. The molecule has 0 aliphatic heterocycles.